The monoisotopic (exact) mass is 281 g/mol. The molecule has 0 aliphatic rings. The van der Waals surface area contributed by atoms with E-state index in [4.69, 9.17) is 5.11 Å². The first-order valence-electron chi connectivity index (χ1n) is 5.36. The zero-order valence-electron chi connectivity index (χ0n) is 10.4. The van der Waals surface area contributed by atoms with Gasteiger partial charge in [0.15, 0.2) is 0 Å². The fraction of sp³-hybridized carbons (Fsp3) is 0.182. The summed E-state index contributed by atoms with van der Waals surface area (Å²) < 4.78 is 0. The second-order valence-electron chi connectivity index (χ2n) is 3.69. The van der Waals surface area contributed by atoms with Gasteiger partial charge in [-0.25, -0.2) is 4.79 Å². The molecule has 0 aliphatic carbocycles. The molecule has 0 aromatic heterocycles. The molecule has 3 N–H and O–H groups in total. The van der Waals surface area contributed by atoms with Gasteiger partial charge in [0.1, 0.15) is 0 Å². The van der Waals surface area contributed by atoms with Crippen LogP contribution in [0.1, 0.15) is 20.7 Å². The number of non-ortho nitro benzene ring substituents is 1. The van der Waals surface area contributed by atoms with E-state index in [1.807, 2.05) is 0 Å². The number of nitro benzene ring substituents is 1. The van der Waals surface area contributed by atoms with Gasteiger partial charge in [0.05, 0.1) is 17.0 Å². The van der Waals surface area contributed by atoms with Crippen LogP contribution in [0.2, 0.25) is 0 Å². The Hall–Kier alpha value is -2.97. The molecular weight excluding hydrogens is 270 g/mol. The molecule has 0 saturated carbocycles. The van der Waals surface area contributed by atoms with Gasteiger partial charge >= 0.3 is 5.97 Å². The summed E-state index contributed by atoms with van der Waals surface area (Å²) in [4.78, 5) is 43.4. The second-order valence-corrected chi connectivity index (χ2v) is 3.69. The molecule has 1 aromatic carbocycles. The van der Waals surface area contributed by atoms with Crippen molar-refractivity contribution in [2.75, 3.05) is 13.6 Å². The molecule has 0 aliphatic heterocycles. The minimum Gasteiger partial charge on any atom is -0.478 e. The third-order valence-corrected chi connectivity index (χ3v) is 2.33. The highest BCUT2D eigenvalue weighted by molar-refractivity contribution is 5.99. The number of carbonyl (C=O) groups excluding carboxylic acids is 2. The van der Waals surface area contributed by atoms with Gasteiger partial charge in [0.25, 0.3) is 11.6 Å². The maximum absolute atomic E-state index is 11.7. The third kappa shape index (κ3) is 3.77. The first-order valence-corrected chi connectivity index (χ1v) is 5.36. The Morgan fingerprint density at radius 3 is 2.35 bits per heavy atom. The van der Waals surface area contributed by atoms with Gasteiger partial charge in [-0.1, -0.05) is 0 Å². The molecule has 0 saturated heterocycles. The Kier molecular flexibility index (Phi) is 4.73. The molecule has 0 radical (unpaired) electrons. The quantitative estimate of drug-likeness (QED) is 0.503. The van der Waals surface area contributed by atoms with Gasteiger partial charge in [0.2, 0.25) is 5.91 Å². The number of amides is 2. The molecule has 2 amide bonds. The summed E-state index contributed by atoms with van der Waals surface area (Å²) in [5.74, 6) is -2.63. The molecule has 1 rings (SSSR count). The maximum atomic E-state index is 11.7. The van der Waals surface area contributed by atoms with E-state index >= 15 is 0 Å². The molecule has 20 heavy (non-hydrogen) atoms. The molecule has 1 aromatic rings. The number of nitrogens with zero attached hydrogens (tertiary/aromatic N) is 1. The van der Waals surface area contributed by atoms with Crippen molar-refractivity contribution >= 4 is 23.5 Å². The second kappa shape index (κ2) is 6.27. The number of carboxylic acids is 1. The molecule has 106 valence electrons. The number of rotatable bonds is 5. The molecule has 0 atom stereocenters. The first-order chi connectivity index (χ1) is 9.35. The molecule has 0 unspecified atom stereocenters. The molecule has 0 heterocycles. The Morgan fingerprint density at radius 2 is 1.85 bits per heavy atom. The lowest BCUT2D eigenvalue weighted by Gasteiger charge is -2.05. The van der Waals surface area contributed by atoms with E-state index in [1.165, 1.54) is 7.05 Å². The van der Waals surface area contributed by atoms with Crippen molar-refractivity contribution in [3.05, 3.63) is 39.4 Å². The number of carboxylic acid groups (broad SMARTS) is 1. The third-order valence-electron chi connectivity index (χ3n) is 2.33. The predicted molar refractivity (Wildman–Crippen MR) is 66.5 cm³/mol. The largest absolute Gasteiger partial charge is 0.478 e. The van der Waals surface area contributed by atoms with Gasteiger partial charge in [0, 0.05) is 24.7 Å². The molecular formula is C11H11N3O6. The molecule has 0 fully saturated rings. The van der Waals surface area contributed by atoms with Crippen LogP contribution in [0.4, 0.5) is 5.69 Å². The lowest BCUT2D eigenvalue weighted by Crippen LogP contribution is -2.35. The topological polar surface area (TPSA) is 139 Å². The van der Waals surface area contributed by atoms with Crippen LogP contribution in [-0.2, 0) is 4.79 Å². The summed E-state index contributed by atoms with van der Waals surface area (Å²) in [6, 6.07) is 2.78. The number of nitro groups is 1. The summed E-state index contributed by atoms with van der Waals surface area (Å²) in [5.41, 5.74) is -1.11. The van der Waals surface area contributed by atoms with Crippen LogP contribution >= 0.6 is 0 Å². The average molecular weight is 281 g/mol. The van der Waals surface area contributed by atoms with Crippen LogP contribution in [0.25, 0.3) is 0 Å². The van der Waals surface area contributed by atoms with E-state index in [-0.39, 0.29) is 17.7 Å². The number of hydrogen-bond acceptors (Lipinski definition) is 5. The summed E-state index contributed by atoms with van der Waals surface area (Å²) in [7, 11) is 1.38. The average Bonchev–Trinajstić information content (AvgIpc) is 2.43. The number of carbonyl (C=O) groups is 3. The Labute approximate surface area is 112 Å². The molecule has 0 spiro atoms. The van der Waals surface area contributed by atoms with Crippen LogP contribution < -0.4 is 10.6 Å². The summed E-state index contributed by atoms with van der Waals surface area (Å²) in [6.07, 6.45) is 0. The van der Waals surface area contributed by atoms with E-state index in [2.05, 4.69) is 10.6 Å². The predicted octanol–water partition coefficient (Wildman–Crippen LogP) is -0.231. The summed E-state index contributed by atoms with van der Waals surface area (Å²) in [6.45, 7) is -0.319. The highest BCUT2D eigenvalue weighted by Crippen LogP contribution is 2.17. The van der Waals surface area contributed by atoms with Gasteiger partial charge in [-0.2, -0.15) is 0 Å². The van der Waals surface area contributed by atoms with E-state index in [0.717, 1.165) is 18.2 Å². The summed E-state index contributed by atoms with van der Waals surface area (Å²) in [5, 5.41) is 24.0. The maximum Gasteiger partial charge on any atom is 0.335 e. The minimum atomic E-state index is -1.39. The smallest absolute Gasteiger partial charge is 0.335 e. The number of hydrogen-bond donors (Lipinski definition) is 3. The van der Waals surface area contributed by atoms with Crippen LogP contribution in [-0.4, -0.2) is 41.4 Å². The zero-order valence-corrected chi connectivity index (χ0v) is 10.4. The van der Waals surface area contributed by atoms with E-state index in [9.17, 15) is 24.5 Å². The van der Waals surface area contributed by atoms with Gasteiger partial charge < -0.3 is 15.7 Å². The Balaban J connectivity index is 3.04. The van der Waals surface area contributed by atoms with Gasteiger partial charge in [-0.3, -0.25) is 19.7 Å². The van der Waals surface area contributed by atoms with E-state index in [1.54, 1.807) is 0 Å². The van der Waals surface area contributed by atoms with Crippen molar-refractivity contribution < 1.29 is 24.4 Å². The van der Waals surface area contributed by atoms with Crippen molar-refractivity contribution in [3.63, 3.8) is 0 Å². The molecule has 9 nitrogen and oxygen atoms in total. The fourth-order valence-electron chi connectivity index (χ4n) is 1.32. The van der Waals surface area contributed by atoms with Crippen molar-refractivity contribution in [2.24, 2.45) is 0 Å². The summed E-state index contributed by atoms with van der Waals surface area (Å²) >= 11 is 0. The van der Waals surface area contributed by atoms with E-state index in [0.29, 0.717) is 0 Å². The van der Waals surface area contributed by atoms with Crippen molar-refractivity contribution in [3.8, 4) is 0 Å². The van der Waals surface area contributed by atoms with Crippen LogP contribution in [0, 0.1) is 10.1 Å². The number of benzene rings is 1. The fourth-order valence-corrected chi connectivity index (χ4v) is 1.32. The number of aromatic carboxylic acids is 1. The minimum absolute atomic E-state index is 0.208. The van der Waals surface area contributed by atoms with Crippen molar-refractivity contribution in [1.82, 2.24) is 10.6 Å². The Morgan fingerprint density at radius 1 is 1.25 bits per heavy atom. The molecule has 0 bridgehead atoms. The molecule has 9 heteroatoms. The lowest BCUT2D eigenvalue weighted by atomic mass is 10.1. The zero-order chi connectivity index (χ0) is 15.3. The van der Waals surface area contributed by atoms with Crippen molar-refractivity contribution in [1.29, 1.82) is 0 Å². The SMILES string of the molecule is CNC(=O)CNC(=O)c1cc(C(=O)O)cc([N+](=O)[O-])c1. The van der Waals surface area contributed by atoms with Crippen LogP contribution in [0.15, 0.2) is 18.2 Å². The Bertz CT molecular complexity index is 551. The van der Waals surface area contributed by atoms with Crippen LogP contribution in [0.5, 0.6) is 0 Å². The highest BCUT2D eigenvalue weighted by atomic mass is 16.6. The van der Waals surface area contributed by atoms with Crippen molar-refractivity contribution in [2.45, 2.75) is 0 Å². The lowest BCUT2D eigenvalue weighted by molar-refractivity contribution is -0.384. The van der Waals surface area contributed by atoms with Gasteiger partial charge in [-0.15, -0.1) is 0 Å². The van der Waals surface area contributed by atoms with Gasteiger partial charge in [-0.05, 0) is 6.07 Å². The van der Waals surface area contributed by atoms with E-state index < -0.39 is 28.4 Å². The highest BCUT2D eigenvalue weighted by Gasteiger charge is 2.17. The normalized spacial score (nSPS) is 9.65. The number of likely N-dealkylation sites (N-methyl/N-ethyl adjacent to an activating group) is 1. The standard InChI is InChI=1S/C11H11N3O6/c1-12-9(15)5-13-10(16)6-2-7(11(17)18)4-8(3-6)14(19)20/h2-4H,5H2,1H3,(H,12,15)(H,13,16)(H,17,18). The number of nitrogens with one attached hydrogen (secondary N) is 2. The first kappa shape index (κ1) is 15.1. The van der Waals surface area contributed by atoms with Crippen LogP contribution in [0.3, 0.4) is 0 Å².